The van der Waals surface area contributed by atoms with Gasteiger partial charge in [0.1, 0.15) is 0 Å². The Morgan fingerprint density at radius 2 is 1.55 bits per heavy atom. The average Bonchev–Trinajstić information content (AvgIpc) is 2.48. The molecule has 3 heteroatoms. The minimum absolute atomic E-state index is 0.188. The number of benzene rings is 2. The fourth-order valence-corrected chi connectivity index (χ4v) is 2.21. The molecular formula is C17H20N2S. The van der Waals surface area contributed by atoms with E-state index in [1.54, 1.807) is 0 Å². The van der Waals surface area contributed by atoms with Crippen molar-refractivity contribution in [2.75, 3.05) is 14.1 Å². The van der Waals surface area contributed by atoms with Gasteiger partial charge in [0.2, 0.25) is 0 Å². The molecule has 1 atom stereocenters. The number of hydrogen-bond acceptors (Lipinski definition) is 1. The van der Waals surface area contributed by atoms with Crippen LogP contribution in [-0.4, -0.2) is 24.1 Å². The maximum Gasteiger partial charge on any atom is 0.168 e. The molecule has 0 radical (unpaired) electrons. The summed E-state index contributed by atoms with van der Waals surface area (Å²) in [7, 11) is 3.92. The van der Waals surface area contributed by atoms with Crippen LogP contribution in [0.25, 0.3) is 0 Å². The summed E-state index contributed by atoms with van der Waals surface area (Å²) in [6.07, 6.45) is 0.916. The first-order valence-electron chi connectivity index (χ1n) is 6.73. The van der Waals surface area contributed by atoms with Gasteiger partial charge in [-0.25, -0.2) is 0 Å². The smallest absolute Gasteiger partial charge is 0.168 e. The molecular weight excluding hydrogens is 264 g/mol. The third-order valence-corrected chi connectivity index (χ3v) is 3.67. The molecule has 0 heterocycles. The van der Waals surface area contributed by atoms with Crippen LogP contribution in [0.15, 0.2) is 60.7 Å². The molecule has 2 nitrogen and oxygen atoms in total. The zero-order valence-corrected chi connectivity index (χ0v) is 12.7. The van der Waals surface area contributed by atoms with Crippen molar-refractivity contribution in [3.63, 3.8) is 0 Å². The van der Waals surface area contributed by atoms with Crippen molar-refractivity contribution in [3.05, 3.63) is 71.8 Å². The van der Waals surface area contributed by atoms with Crippen molar-refractivity contribution in [3.8, 4) is 0 Å². The fraction of sp³-hybridized carbons (Fsp3) is 0.235. The highest BCUT2D eigenvalue weighted by molar-refractivity contribution is 7.80. The van der Waals surface area contributed by atoms with Crippen molar-refractivity contribution in [1.29, 1.82) is 0 Å². The summed E-state index contributed by atoms with van der Waals surface area (Å²) in [5.74, 6) is 0. The first-order valence-corrected chi connectivity index (χ1v) is 7.14. The van der Waals surface area contributed by atoms with Crippen LogP contribution in [-0.2, 0) is 6.42 Å². The summed E-state index contributed by atoms with van der Waals surface area (Å²) in [5.41, 5.74) is 2.55. The summed E-state index contributed by atoms with van der Waals surface area (Å²) >= 11 is 5.39. The molecule has 104 valence electrons. The third kappa shape index (κ3) is 4.07. The Bertz CT molecular complexity index is 537. The number of rotatable bonds is 4. The van der Waals surface area contributed by atoms with E-state index in [0.717, 1.165) is 11.5 Å². The number of nitrogens with one attached hydrogen (secondary N) is 1. The molecule has 0 saturated heterocycles. The van der Waals surface area contributed by atoms with E-state index in [-0.39, 0.29) is 6.04 Å². The topological polar surface area (TPSA) is 15.3 Å². The zero-order chi connectivity index (χ0) is 14.4. The van der Waals surface area contributed by atoms with Crippen molar-refractivity contribution < 1.29 is 0 Å². The predicted molar refractivity (Wildman–Crippen MR) is 88.7 cm³/mol. The molecule has 0 aromatic heterocycles. The van der Waals surface area contributed by atoms with Gasteiger partial charge in [-0.1, -0.05) is 60.7 Å². The molecule has 0 bridgehead atoms. The van der Waals surface area contributed by atoms with Crippen LogP contribution in [0, 0.1) is 0 Å². The first kappa shape index (κ1) is 14.5. The lowest BCUT2D eigenvalue weighted by atomic mass is 9.99. The first-order chi connectivity index (χ1) is 9.66. The molecule has 0 aliphatic rings. The van der Waals surface area contributed by atoms with Crippen LogP contribution in [0.2, 0.25) is 0 Å². The van der Waals surface area contributed by atoms with Gasteiger partial charge < -0.3 is 10.2 Å². The Labute approximate surface area is 126 Å². The van der Waals surface area contributed by atoms with Crippen molar-refractivity contribution in [2.24, 2.45) is 0 Å². The molecule has 2 rings (SSSR count). The summed E-state index contributed by atoms with van der Waals surface area (Å²) in [6.45, 7) is 0. The molecule has 20 heavy (non-hydrogen) atoms. The van der Waals surface area contributed by atoms with Gasteiger partial charge in [0.25, 0.3) is 0 Å². The minimum Gasteiger partial charge on any atom is -0.355 e. The van der Waals surface area contributed by atoms with E-state index < -0.39 is 0 Å². The second kappa shape index (κ2) is 7.06. The maximum atomic E-state index is 5.39. The molecule has 0 unspecified atom stereocenters. The van der Waals surface area contributed by atoms with Gasteiger partial charge in [0.05, 0.1) is 6.04 Å². The van der Waals surface area contributed by atoms with E-state index in [1.165, 1.54) is 11.1 Å². The van der Waals surface area contributed by atoms with E-state index in [0.29, 0.717) is 0 Å². The molecule has 0 aliphatic carbocycles. The molecule has 2 aromatic rings. The maximum absolute atomic E-state index is 5.39. The van der Waals surface area contributed by atoms with Gasteiger partial charge in [0.15, 0.2) is 5.11 Å². The van der Waals surface area contributed by atoms with Crippen LogP contribution in [0.1, 0.15) is 17.2 Å². The monoisotopic (exact) mass is 284 g/mol. The highest BCUT2D eigenvalue weighted by atomic mass is 32.1. The lowest BCUT2D eigenvalue weighted by Gasteiger charge is -2.24. The van der Waals surface area contributed by atoms with Gasteiger partial charge in [-0.05, 0) is 29.8 Å². The van der Waals surface area contributed by atoms with E-state index >= 15 is 0 Å². The Hall–Kier alpha value is -1.87. The van der Waals surface area contributed by atoms with E-state index in [4.69, 9.17) is 12.2 Å². The Morgan fingerprint density at radius 3 is 2.10 bits per heavy atom. The fourth-order valence-electron chi connectivity index (χ4n) is 2.07. The Morgan fingerprint density at radius 1 is 1.00 bits per heavy atom. The highest BCUT2D eigenvalue weighted by Crippen LogP contribution is 2.18. The van der Waals surface area contributed by atoms with Crippen molar-refractivity contribution in [1.82, 2.24) is 10.2 Å². The standard InChI is InChI=1S/C17H20N2S/c1-19(2)17(20)18-16(15-11-7-4-8-12-15)13-14-9-5-3-6-10-14/h3-12,16H,13H2,1-2H3,(H,18,20)/t16-/m0/s1. The molecule has 0 amide bonds. The van der Waals surface area contributed by atoms with E-state index in [9.17, 15) is 0 Å². The molecule has 2 aromatic carbocycles. The van der Waals surface area contributed by atoms with E-state index in [1.807, 2.05) is 31.1 Å². The minimum atomic E-state index is 0.188. The van der Waals surface area contributed by atoms with Crippen LogP contribution in [0.5, 0.6) is 0 Å². The molecule has 0 saturated carbocycles. The van der Waals surface area contributed by atoms with Crippen LogP contribution in [0.3, 0.4) is 0 Å². The SMILES string of the molecule is CN(C)C(=S)N[C@@H](Cc1ccccc1)c1ccccc1. The van der Waals surface area contributed by atoms with Gasteiger partial charge >= 0.3 is 0 Å². The van der Waals surface area contributed by atoms with Crippen molar-refractivity contribution in [2.45, 2.75) is 12.5 Å². The number of hydrogen-bond donors (Lipinski definition) is 1. The summed E-state index contributed by atoms with van der Waals surface area (Å²) < 4.78 is 0. The highest BCUT2D eigenvalue weighted by Gasteiger charge is 2.14. The lowest BCUT2D eigenvalue weighted by molar-refractivity contribution is 0.554. The average molecular weight is 284 g/mol. The van der Waals surface area contributed by atoms with Gasteiger partial charge in [-0.15, -0.1) is 0 Å². The van der Waals surface area contributed by atoms with Crippen LogP contribution < -0.4 is 5.32 Å². The molecule has 0 spiro atoms. The molecule has 1 N–H and O–H groups in total. The number of nitrogens with zero attached hydrogens (tertiary/aromatic N) is 1. The normalized spacial score (nSPS) is 11.7. The van der Waals surface area contributed by atoms with Crippen LogP contribution in [0.4, 0.5) is 0 Å². The zero-order valence-electron chi connectivity index (χ0n) is 11.9. The van der Waals surface area contributed by atoms with Gasteiger partial charge in [-0.3, -0.25) is 0 Å². The number of thiocarbonyl (C=S) groups is 1. The van der Waals surface area contributed by atoms with Gasteiger partial charge in [0, 0.05) is 14.1 Å². The molecule has 0 fully saturated rings. The van der Waals surface area contributed by atoms with Crippen LogP contribution >= 0.6 is 12.2 Å². The predicted octanol–water partition coefficient (Wildman–Crippen LogP) is 3.41. The van der Waals surface area contributed by atoms with E-state index in [2.05, 4.69) is 53.8 Å². The third-order valence-electron chi connectivity index (χ3n) is 3.19. The second-order valence-corrected chi connectivity index (χ2v) is 5.38. The summed E-state index contributed by atoms with van der Waals surface area (Å²) in [6, 6.07) is 21.1. The Kier molecular flexibility index (Phi) is 5.13. The Balaban J connectivity index is 2.18. The summed E-state index contributed by atoms with van der Waals surface area (Å²) in [5, 5.41) is 4.20. The second-order valence-electron chi connectivity index (χ2n) is 5.00. The molecule has 0 aliphatic heterocycles. The van der Waals surface area contributed by atoms with Gasteiger partial charge in [-0.2, -0.15) is 0 Å². The lowest BCUT2D eigenvalue weighted by Crippen LogP contribution is -2.37. The quantitative estimate of drug-likeness (QED) is 0.866. The largest absolute Gasteiger partial charge is 0.355 e. The summed E-state index contributed by atoms with van der Waals surface area (Å²) in [4.78, 5) is 1.93. The van der Waals surface area contributed by atoms with Crippen molar-refractivity contribution >= 4 is 17.3 Å².